The highest BCUT2D eigenvalue weighted by molar-refractivity contribution is 5.78. The average molecular weight is 215 g/mol. The fraction of sp³-hybridized carbons (Fsp3) is 0.917. The van der Waals surface area contributed by atoms with Gasteiger partial charge in [0.25, 0.3) is 0 Å². The van der Waals surface area contributed by atoms with Gasteiger partial charge in [0.1, 0.15) is 5.54 Å². The molecule has 0 saturated carbocycles. The van der Waals surface area contributed by atoms with Crippen molar-refractivity contribution in [1.29, 1.82) is 0 Å². The van der Waals surface area contributed by atoms with Crippen LogP contribution in [0.5, 0.6) is 0 Å². The number of carboxylic acids is 1. The molecule has 0 radical (unpaired) electrons. The number of rotatable bonds is 7. The van der Waals surface area contributed by atoms with E-state index in [1.54, 1.807) is 0 Å². The summed E-state index contributed by atoms with van der Waals surface area (Å²) in [7, 11) is 1.91. The maximum absolute atomic E-state index is 11.3. The predicted molar refractivity (Wildman–Crippen MR) is 63.0 cm³/mol. The fourth-order valence-electron chi connectivity index (χ4n) is 1.84. The second-order valence-electron chi connectivity index (χ2n) is 4.95. The molecule has 0 bridgehead atoms. The van der Waals surface area contributed by atoms with Crippen LogP contribution in [0.4, 0.5) is 0 Å². The lowest BCUT2D eigenvalue weighted by atomic mass is 9.89. The maximum Gasteiger partial charge on any atom is 0.323 e. The first-order valence-electron chi connectivity index (χ1n) is 5.79. The van der Waals surface area contributed by atoms with Crippen molar-refractivity contribution < 1.29 is 9.90 Å². The van der Waals surface area contributed by atoms with E-state index in [0.717, 1.165) is 19.4 Å². The molecule has 0 saturated heterocycles. The molecule has 0 rings (SSSR count). The zero-order chi connectivity index (χ0) is 12.1. The standard InChI is InChI=1S/C12H25NO2/c1-6-7-8-13(5)12(4,11(14)15)9-10(2)3/h10H,6-9H2,1-5H3,(H,14,15). The molecule has 1 unspecified atom stereocenters. The van der Waals surface area contributed by atoms with Gasteiger partial charge in [0.2, 0.25) is 0 Å². The molecule has 0 aliphatic rings. The normalized spacial score (nSPS) is 15.7. The van der Waals surface area contributed by atoms with Gasteiger partial charge in [-0.15, -0.1) is 0 Å². The van der Waals surface area contributed by atoms with Gasteiger partial charge in [-0.3, -0.25) is 9.69 Å². The van der Waals surface area contributed by atoms with E-state index in [1.165, 1.54) is 0 Å². The van der Waals surface area contributed by atoms with Crippen LogP contribution >= 0.6 is 0 Å². The molecular formula is C12H25NO2. The molecule has 3 nitrogen and oxygen atoms in total. The molecule has 0 amide bonds. The molecule has 0 aliphatic carbocycles. The third-order valence-corrected chi connectivity index (χ3v) is 2.96. The Bertz CT molecular complexity index is 204. The Morgan fingerprint density at radius 1 is 1.47 bits per heavy atom. The molecule has 3 heteroatoms. The molecule has 0 aromatic rings. The Labute approximate surface area is 93.5 Å². The van der Waals surface area contributed by atoms with Crippen molar-refractivity contribution >= 4 is 5.97 Å². The molecular weight excluding hydrogens is 190 g/mol. The lowest BCUT2D eigenvalue weighted by Crippen LogP contribution is -2.51. The van der Waals surface area contributed by atoms with Gasteiger partial charge in [0.05, 0.1) is 0 Å². The summed E-state index contributed by atoms with van der Waals surface area (Å²) in [6, 6.07) is 0. The monoisotopic (exact) mass is 215 g/mol. The molecule has 0 heterocycles. The Balaban J connectivity index is 4.54. The first-order valence-corrected chi connectivity index (χ1v) is 5.79. The van der Waals surface area contributed by atoms with E-state index in [4.69, 9.17) is 0 Å². The quantitative estimate of drug-likeness (QED) is 0.709. The minimum atomic E-state index is -0.719. The van der Waals surface area contributed by atoms with Crippen LogP contribution < -0.4 is 0 Å². The minimum Gasteiger partial charge on any atom is -0.480 e. The van der Waals surface area contributed by atoms with Gasteiger partial charge in [-0.05, 0) is 39.3 Å². The summed E-state index contributed by atoms with van der Waals surface area (Å²) in [6.07, 6.45) is 2.85. The van der Waals surface area contributed by atoms with E-state index in [2.05, 4.69) is 20.8 Å². The van der Waals surface area contributed by atoms with Crippen LogP contribution in [0.1, 0.15) is 47.0 Å². The van der Waals surface area contributed by atoms with Crippen molar-refractivity contribution in [3.05, 3.63) is 0 Å². The lowest BCUT2D eigenvalue weighted by Gasteiger charge is -2.36. The number of hydrogen-bond donors (Lipinski definition) is 1. The highest BCUT2D eigenvalue weighted by atomic mass is 16.4. The van der Waals surface area contributed by atoms with Crippen molar-refractivity contribution in [1.82, 2.24) is 4.90 Å². The molecule has 0 aliphatic heterocycles. The van der Waals surface area contributed by atoms with Crippen LogP contribution in [-0.2, 0) is 4.79 Å². The lowest BCUT2D eigenvalue weighted by molar-refractivity contribution is -0.150. The van der Waals surface area contributed by atoms with Crippen LogP contribution in [-0.4, -0.2) is 35.1 Å². The van der Waals surface area contributed by atoms with Crippen LogP contribution in [0, 0.1) is 5.92 Å². The predicted octanol–water partition coefficient (Wildman–Crippen LogP) is 2.61. The van der Waals surface area contributed by atoms with Crippen molar-refractivity contribution in [3.8, 4) is 0 Å². The number of nitrogens with zero attached hydrogens (tertiary/aromatic N) is 1. The first-order chi connectivity index (χ1) is 6.84. The molecule has 1 N–H and O–H groups in total. The Hall–Kier alpha value is -0.570. The molecule has 90 valence electrons. The summed E-state index contributed by atoms with van der Waals surface area (Å²) in [6.45, 7) is 8.93. The summed E-state index contributed by atoms with van der Waals surface area (Å²) in [4.78, 5) is 13.3. The van der Waals surface area contributed by atoms with E-state index < -0.39 is 11.5 Å². The summed E-state index contributed by atoms with van der Waals surface area (Å²) in [5.74, 6) is -0.315. The number of likely N-dealkylation sites (N-methyl/N-ethyl adjacent to an activating group) is 1. The van der Waals surface area contributed by atoms with Gasteiger partial charge in [-0.25, -0.2) is 0 Å². The smallest absolute Gasteiger partial charge is 0.323 e. The molecule has 0 aromatic carbocycles. The van der Waals surface area contributed by atoms with Gasteiger partial charge in [-0.1, -0.05) is 27.2 Å². The Kier molecular flexibility index (Phi) is 5.88. The van der Waals surface area contributed by atoms with Crippen LogP contribution in [0.2, 0.25) is 0 Å². The van der Waals surface area contributed by atoms with E-state index >= 15 is 0 Å². The van der Waals surface area contributed by atoms with Crippen molar-refractivity contribution in [2.75, 3.05) is 13.6 Å². The Morgan fingerprint density at radius 3 is 2.33 bits per heavy atom. The van der Waals surface area contributed by atoms with Gasteiger partial charge in [0, 0.05) is 0 Å². The topological polar surface area (TPSA) is 40.5 Å². The Morgan fingerprint density at radius 2 is 2.00 bits per heavy atom. The van der Waals surface area contributed by atoms with Crippen LogP contribution in [0.15, 0.2) is 0 Å². The van der Waals surface area contributed by atoms with Crippen molar-refractivity contribution in [2.45, 2.75) is 52.5 Å². The number of carboxylic acid groups (broad SMARTS) is 1. The van der Waals surface area contributed by atoms with Crippen LogP contribution in [0.3, 0.4) is 0 Å². The van der Waals surface area contributed by atoms with Gasteiger partial charge >= 0.3 is 5.97 Å². The third-order valence-electron chi connectivity index (χ3n) is 2.96. The minimum absolute atomic E-state index is 0.398. The third kappa shape index (κ3) is 4.20. The molecule has 0 fully saturated rings. The molecule has 0 spiro atoms. The van der Waals surface area contributed by atoms with E-state index in [0.29, 0.717) is 12.3 Å². The van der Waals surface area contributed by atoms with Crippen molar-refractivity contribution in [2.24, 2.45) is 5.92 Å². The van der Waals surface area contributed by atoms with Gasteiger partial charge in [-0.2, -0.15) is 0 Å². The maximum atomic E-state index is 11.3. The summed E-state index contributed by atoms with van der Waals surface area (Å²) in [5, 5.41) is 9.31. The second-order valence-corrected chi connectivity index (χ2v) is 4.95. The van der Waals surface area contributed by atoms with E-state index in [1.807, 2.05) is 18.9 Å². The molecule has 0 aromatic heterocycles. The highest BCUT2D eigenvalue weighted by Crippen LogP contribution is 2.23. The highest BCUT2D eigenvalue weighted by Gasteiger charge is 2.37. The average Bonchev–Trinajstić information content (AvgIpc) is 2.12. The number of hydrogen-bond acceptors (Lipinski definition) is 2. The number of carbonyl (C=O) groups is 1. The number of unbranched alkanes of at least 4 members (excludes halogenated alkanes) is 1. The largest absolute Gasteiger partial charge is 0.480 e. The SMILES string of the molecule is CCCCN(C)C(C)(CC(C)C)C(=O)O. The van der Waals surface area contributed by atoms with Gasteiger partial charge < -0.3 is 5.11 Å². The van der Waals surface area contributed by atoms with Gasteiger partial charge in [0.15, 0.2) is 0 Å². The van der Waals surface area contributed by atoms with E-state index in [-0.39, 0.29) is 0 Å². The molecule has 1 atom stereocenters. The number of aliphatic carboxylic acids is 1. The van der Waals surface area contributed by atoms with Crippen LogP contribution in [0.25, 0.3) is 0 Å². The zero-order valence-corrected chi connectivity index (χ0v) is 10.7. The summed E-state index contributed by atoms with van der Waals surface area (Å²) >= 11 is 0. The zero-order valence-electron chi connectivity index (χ0n) is 10.7. The molecule has 15 heavy (non-hydrogen) atoms. The summed E-state index contributed by atoms with van der Waals surface area (Å²) < 4.78 is 0. The summed E-state index contributed by atoms with van der Waals surface area (Å²) in [5.41, 5.74) is -0.719. The van der Waals surface area contributed by atoms with Crippen molar-refractivity contribution in [3.63, 3.8) is 0 Å². The first kappa shape index (κ1) is 14.4. The van der Waals surface area contributed by atoms with E-state index in [9.17, 15) is 9.90 Å². The fourth-order valence-corrected chi connectivity index (χ4v) is 1.84. The second kappa shape index (κ2) is 6.11.